The van der Waals surface area contributed by atoms with E-state index in [0.717, 1.165) is 29.0 Å². The van der Waals surface area contributed by atoms with Crippen molar-refractivity contribution in [2.45, 2.75) is 60.0 Å². The number of nitrogens with zero attached hydrogens (tertiary/aromatic N) is 4. The van der Waals surface area contributed by atoms with Crippen LogP contribution >= 0.6 is 11.3 Å². The number of ketones is 1. The Bertz CT molecular complexity index is 1160. The van der Waals surface area contributed by atoms with Gasteiger partial charge in [0.1, 0.15) is 18.2 Å². The number of hydrogen-bond donors (Lipinski definition) is 0. The highest BCUT2D eigenvalue weighted by Crippen LogP contribution is 2.19. The van der Waals surface area contributed by atoms with Crippen LogP contribution in [-0.2, 0) is 32.4 Å². The van der Waals surface area contributed by atoms with Crippen molar-refractivity contribution in [2.24, 2.45) is 0 Å². The molecule has 0 aliphatic heterocycles. The van der Waals surface area contributed by atoms with Crippen molar-refractivity contribution >= 4 is 17.1 Å². The van der Waals surface area contributed by atoms with Crippen LogP contribution in [0.1, 0.15) is 57.3 Å². The third-order valence-electron chi connectivity index (χ3n) is 5.47. The molecule has 0 saturated carbocycles. The molecule has 6 nitrogen and oxygen atoms in total. The Hall–Kier alpha value is -2.98. The van der Waals surface area contributed by atoms with Gasteiger partial charge in [-0.15, -0.1) is 11.3 Å². The van der Waals surface area contributed by atoms with Gasteiger partial charge >= 0.3 is 0 Å². The molecule has 3 rings (SSSR count). The van der Waals surface area contributed by atoms with Gasteiger partial charge in [0.2, 0.25) is 0 Å². The van der Waals surface area contributed by atoms with E-state index in [2.05, 4.69) is 21.1 Å². The molecule has 0 saturated heterocycles. The van der Waals surface area contributed by atoms with E-state index in [4.69, 9.17) is 0 Å². The summed E-state index contributed by atoms with van der Waals surface area (Å²) < 4.78 is 3.29. The Kier molecular flexibility index (Phi) is 6.68. The molecule has 3 aromatic rings. The summed E-state index contributed by atoms with van der Waals surface area (Å²) in [5, 5.41) is 15.9. The summed E-state index contributed by atoms with van der Waals surface area (Å²) in [7, 11) is 0. The highest BCUT2D eigenvalue weighted by atomic mass is 32.1. The molecule has 0 N–H and O–H groups in total. The SMILES string of the molecule is CCc1nn(CC(=O)c2cc(C)n(CCc3cccs3)c2C)c(=O)c(C#N)c1CC. The molecule has 0 aliphatic rings. The van der Waals surface area contributed by atoms with E-state index in [0.29, 0.717) is 29.7 Å². The van der Waals surface area contributed by atoms with E-state index in [9.17, 15) is 14.9 Å². The number of aromatic nitrogens is 3. The number of aryl methyl sites for hydroxylation is 3. The maximum atomic E-state index is 13.0. The second-order valence-corrected chi connectivity index (χ2v) is 8.30. The van der Waals surface area contributed by atoms with Crippen LogP contribution in [0, 0.1) is 25.2 Å². The second kappa shape index (κ2) is 9.23. The highest BCUT2D eigenvalue weighted by Gasteiger charge is 2.20. The fraction of sp³-hybridized carbons (Fsp3) is 0.391. The van der Waals surface area contributed by atoms with E-state index in [1.807, 2.05) is 45.9 Å². The molecule has 30 heavy (non-hydrogen) atoms. The van der Waals surface area contributed by atoms with Crippen LogP contribution in [-0.4, -0.2) is 20.1 Å². The van der Waals surface area contributed by atoms with Crippen molar-refractivity contribution in [1.82, 2.24) is 14.3 Å². The molecule has 0 atom stereocenters. The zero-order chi connectivity index (χ0) is 21.8. The molecule has 0 spiro atoms. The molecule has 0 radical (unpaired) electrons. The third kappa shape index (κ3) is 4.14. The maximum Gasteiger partial charge on any atom is 0.285 e. The monoisotopic (exact) mass is 422 g/mol. The first kappa shape index (κ1) is 21.7. The van der Waals surface area contributed by atoms with Gasteiger partial charge in [-0.05, 0) is 56.2 Å². The number of Topliss-reactive ketones (excluding diaryl/α,β-unsaturated/α-hetero) is 1. The molecule has 156 valence electrons. The number of carbonyl (C=O) groups is 1. The Morgan fingerprint density at radius 1 is 1.27 bits per heavy atom. The molecule has 3 heterocycles. The Balaban J connectivity index is 1.89. The quantitative estimate of drug-likeness (QED) is 0.517. The Morgan fingerprint density at radius 3 is 2.63 bits per heavy atom. The zero-order valence-corrected chi connectivity index (χ0v) is 18.7. The van der Waals surface area contributed by atoms with Gasteiger partial charge in [-0.2, -0.15) is 10.4 Å². The zero-order valence-electron chi connectivity index (χ0n) is 17.9. The fourth-order valence-corrected chi connectivity index (χ4v) is 4.57. The minimum atomic E-state index is -0.494. The fourth-order valence-electron chi connectivity index (χ4n) is 3.87. The summed E-state index contributed by atoms with van der Waals surface area (Å²) in [6.45, 7) is 8.38. The lowest BCUT2D eigenvalue weighted by Crippen LogP contribution is -2.31. The summed E-state index contributed by atoms with van der Waals surface area (Å²) in [6, 6.07) is 8.04. The molecule has 0 amide bonds. The van der Waals surface area contributed by atoms with Crippen molar-refractivity contribution in [1.29, 1.82) is 5.26 Å². The first-order chi connectivity index (χ1) is 14.4. The molecule has 3 aromatic heterocycles. The lowest BCUT2D eigenvalue weighted by atomic mass is 10.0. The number of thiophene rings is 1. The first-order valence-electron chi connectivity index (χ1n) is 10.2. The van der Waals surface area contributed by atoms with Crippen molar-refractivity contribution in [3.63, 3.8) is 0 Å². The average molecular weight is 423 g/mol. The van der Waals surface area contributed by atoms with Gasteiger partial charge in [-0.25, -0.2) is 4.68 Å². The summed E-state index contributed by atoms with van der Waals surface area (Å²) >= 11 is 1.73. The molecule has 0 aromatic carbocycles. The van der Waals surface area contributed by atoms with Gasteiger partial charge in [-0.3, -0.25) is 9.59 Å². The Morgan fingerprint density at radius 2 is 2.03 bits per heavy atom. The summed E-state index contributed by atoms with van der Waals surface area (Å²) in [5.41, 5.74) is 3.49. The van der Waals surface area contributed by atoms with Crippen LogP contribution in [0.2, 0.25) is 0 Å². The van der Waals surface area contributed by atoms with E-state index in [1.54, 1.807) is 11.3 Å². The Labute approximate surface area is 180 Å². The van der Waals surface area contributed by atoms with Gasteiger partial charge in [0.05, 0.1) is 5.69 Å². The van der Waals surface area contributed by atoms with Crippen LogP contribution < -0.4 is 5.56 Å². The lowest BCUT2D eigenvalue weighted by Gasteiger charge is -2.12. The number of nitriles is 1. The molecular weight excluding hydrogens is 396 g/mol. The van der Waals surface area contributed by atoms with Gasteiger partial charge in [0.15, 0.2) is 5.78 Å². The highest BCUT2D eigenvalue weighted by molar-refractivity contribution is 7.09. The van der Waals surface area contributed by atoms with Crippen molar-refractivity contribution in [2.75, 3.05) is 0 Å². The van der Waals surface area contributed by atoms with E-state index < -0.39 is 5.56 Å². The lowest BCUT2D eigenvalue weighted by molar-refractivity contribution is 0.0964. The maximum absolute atomic E-state index is 13.0. The molecule has 0 fully saturated rings. The summed E-state index contributed by atoms with van der Waals surface area (Å²) in [5.74, 6) is -0.171. The van der Waals surface area contributed by atoms with Crippen LogP contribution in [0.4, 0.5) is 0 Å². The van der Waals surface area contributed by atoms with E-state index in [-0.39, 0.29) is 17.9 Å². The second-order valence-electron chi connectivity index (χ2n) is 7.27. The number of carbonyl (C=O) groups excluding carboxylic acids is 1. The van der Waals surface area contributed by atoms with Crippen LogP contribution in [0.25, 0.3) is 0 Å². The summed E-state index contributed by atoms with van der Waals surface area (Å²) in [6.07, 6.45) is 2.07. The minimum Gasteiger partial charge on any atom is -0.348 e. The average Bonchev–Trinajstić information content (AvgIpc) is 3.35. The normalized spacial score (nSPS) is 10.9. The van der Waals surface area contributed by atoms with Gasteiger partial charge in [-0.1, -0.05) is 19.9 Å². The van der Waals surface area contributed by atoms with E-state index >= 15 is 0 Å². The first-order valence-corrected chi connectivity index (χ1v) is 11.0. The smallest absolute Gasteiger partial charge is 0.285 e. The van der Waals surface area contributed by atoms with E-state index in [1.165, 1.54) is 4.88 Å². The standard InChI is InChI=1S/C23H26N4O2S/c1-5-18-20(13-24)23(29)27(25-21(18)6-2)14-22(28)19-12-15(3)26(16(19)4)10-9-17-8-7-11-30-17/h7-8,11-12H,5-6,9-10,14H2,1-4H3. The predicted molar refractivity (Wildman–Crippen MR) is 118 cm³/mol. The molecular formula is C23H26N4O2S. The number of hydrogen-bond acceptors (Lipinski definition) is 5. The van der Waals surface area contributed by atoms with Gasteiger partial charge < -0.3 is 4.57 Å². The minimum absolute atomic E-state index is 0.0959. The topological polar surface area (TPSA) is 80.7 Å². The van der Waals surface area contributed by atoms with Crippen molar-refractivity contribution < 1.29 is 4.79 Å². The molecule has 0 bridgehead atoms. The van der Waals surface area contributed by atoms with Crippen LogP contribution in [0.15, 0.2) is 28.4 Å². The predicted octanol–water partition coefficient (Wildman–Crippen LogP) is 3.85. The number of rotatable bonds is 8. The van der Waals surface area contributed by atoms with Crippen molar-refractivity contribution in [3.8, 4) is 6.07 Å². The molecule has 0 aliphatic carbocycles. The third-order valence-corrected chi connectivity index (χ3v) is 6.41. The molecule has 0 unspecified atom stereocenters. The molecule has 7 heteroatoms. The van der Waals surface area contributed by atoms with Crippen molar-refractivity contribution in [3.05, 3.63) is 72.6 Å². The van der Waals surface area contributed by atoms with Gasteiger partial charge in [0, 0.05) is 28.4 Å². The van der Waals surface area contributed by atoms with Crippen LogP contribution in [0.3, 0.4) is 0 Å². The van der Waals surface area contributed by atoms with Crippen LogP contribution in [0.5, 0.6) is 0 Å². The summed E-state index contributed by atoms with van der Waals surface area (Å²) in [4.78, 5) is 27.1. The largest absolute Gasteiger partial charge is 0.348 e. The van der Waals surface area contributed by atoms with Gasteiger partial charge in [0.25, 0.3) is 5.56 Å².